The van der Waals surface area contributed by atoms with Crippen LogP contribution in [0.5, 0.6) is 0 Å². The van der Waals surface area contributed by atoms with E-state index in [1.165, 1.54) is 16.8 Å². The van der Waals surface area contributed by atoms with Crippen LogP contribution in [0.1, 0.15) is 35.6 Å². The molecule has 1 unspecified atom stereocenters. The molecule has 23 heavy (non-hydrogen) atoms. The SMILES string of the molecule is O=C(Cc1ccc2c(c1)CCC(c1ccccc1)N2)N1CCC1. The van der Waals surface area contributed by atoms with Crippen molar-refractivity contribution in [1.82, 2.24) is 4.90 Å². The normalized spacial score (nSPS) is 19.5. The smallest absolute Gasteiger partial charge is 0.226 e. The van der Waals surface area contributed by atoms with E-state index in [4.69, 9.17) is 0 Å². The molecule has 0 aliphatic carbocycles. The van der Waals surface area contributed by atoms with Gasteiger partial charge in [-0.3, -0.25) is 4.79 Å². The monoisotopic (exact) mass is 306 g/mol. The molecule has 118 valence electrons. The molecule has 0 bridgehead atoms. The van der Waals surface area contributed by atoms with Crippen LogP contribution < -0.4 is 5.32 Å². The number of likely N-dealkylation sites (tertiary alicyclic amines) is 1. The van der Waals surface area contributed by atoms with E-state index in [0.29, 0.717) is 12.5 Å². The summed E-state index contributed by atoms with van der Waals surface area (Å²) >= 11 is 0. The molecule has 2 aromatic carbocycles. The number of benzene rings is 2. The second-order valence-corrected chi connectivity index (χ2v) is 6.55. The number of carbonyl (C=O) groups is 1. The lowest BCUT2D eigenvalue weighted by atomic mass is 9.92. The van der Waals surface area contributed by atoms with Crippen LogP contribution in [0, 0.1) is 0 Å². The third-order valence-corrected chi connectivity index (χ3v) is 4.97. The summed E-state index contributed by atoms with van der Waals surface area (Å²) < 4.78 is 0. The Labute approximate surface area is 137 Å². The van der Waals surface area contributed by atoms with Crippen LogP contribution in [0.25, 0.3) is 0 Å². The van der Waals surface area contributed by atoms with Crippen molar-refractivity contribution in [3.63, 3.8) is 0 Å². The number of hydrogen-bond donors (Lipinski definition) is 1. The van der Waals surface area contributed by atoms with Crippen LogP contribution in [-0.4, -0.2) is 23.9 Å². The third-order valence-electron chi connectivity index (χ3n) is 4.97. The molecule has 1 N–H and O–H groups in total. The van der Waals surface area contributed by atoms with Crippen LogP contribution in [-0.2, 0) is 17.6 Å². The van der Waals surface area contributed by atoms with Crippen molar-refractivity contribution >= 4 is 11.6 Å². The topological polar surface area (TPSA) is 32.3 Å². The summed E-state index contributed by atoms with van der Waals surface area (Å²) in [6.07, 6.45) is 3.85. The van der Waals surface area contributed by atoms with Gasteiger partial charge in [0.05, 0.1) is 12.5 Å². The number of anilines is 1. The average molecular weight is 306 g/mol. The molecule has 2 aromatic rings. The number of rotatable bonds is 3. The first-order chi connectivity index (χ1) is 11.3. The van der Waals surface area contributed by atoms with E-state index in [1.54, 1.807) is 0 Å². The zero-order valence-corrected chi connectivity index (χ0v) is 13.3. The van der Waals surface area contributed by atoms with Gasteiger partial charge in [0.15, 0.2) is 0 Å². The van der Waals surface area contributed by atoms with E-state index in [-0.39, 0.29) is 5.91 Å². The van der Waals surface area contributed by atoms with Crippen LogP contribution in [0.2, 0.25) is 0 Å². The van der Waals surface area contributed by atoms with Gasteiger partial charge in [-0.2, -0.15) is 0 Å². The van der Waals surface area contributed by atoms with Gasteiger partial charge in [-0.1, -0.05) is 42.5 Å². The molecule has 4 rings (SSSR count). The molecule has 1 saturated heterocycles. The van der Waals surface area contributed by atoms with E-state index >= 15 is 0 Å². The Bertz CT molecular complexity index is 707. The van der Waals surface area contributed by atoms with Crippen LogP contribution in [0.15, 0.2) is 48.5 Å². The predicted molar refractivity (Wildman–Crippen MR) is 92.5 cm³/mol. The van der Waals surface area contributed by atoms with Crippen LogP contribution in [0.4, 0.5) is 5.69 Å². The van der Waals surface area contributed by atoms with Crippen molar-refractivity contribution in [3.05, 3.63) is 65.2 Å². The highest BCUT2D eigenvalue weighted by Gasteiger charge is 2.22. The molecule has 0 aromatic heterocycles. The number of aryl methyl sites for hydroxylation is 1. The van der Waals surface area contributed by atoms with Crippen molar-refractivity contribution in [2.45, 2.75) is 31.7 Å². The summed E-state index contributed by atoms with van der Waals surface area (Å²) in [6, 6.07) is 17.4. The second kappa shape index (κ2) is 6.07. The van der Waals surface area contributed by atoms with Crippen molar-refractivity contribution in [1.29, 1.82) is 0 Å². The minimum Gasteiger partial charge on any atom is -0.378 e. The van der Waals surface area contributed by atoms with Gasteiger partial charge in [0.25, 0.3) is 0 Å². The maximum atomic E-state index is 12.1. The molecular formula is C20H22N2O. The van der Waals surface area contributed by atoms with Crippen molar-refractivity contribution in [2.75, 3.05) is 18.4 Å². The summed E-state index contributed by atoms with van der Waals surface area (Å²) in [6.45, 7) is 1.87. The highest BCUT2D eigenvalue weighted by Crippen LogP contribution is 2.33. The summed E-state index contributed by atoms with van der Waals surface area (Å²) in [4.78, 5) is 14.1. The van der Waals surface area contributed by atoms with Gasteiger partial charge >= 0.3 is 0 Å². The fourth-order valence-corrected chi connectivity index (χ4v) is 3.45. The molecule has 0 saturated carbocycles. The molecular weight excluding hydrogens is 284 g/mol. The van der Waals surface area contributed by atoms with E-state index in [0.717, 1.165) is 37.9 Å². The number of fused-ring (bicyclic) bond motifs is 1. The van der Waals surface area contributed by atoms with Gasteiger partial charge in [-0.25, -0.2) is 0 Å². The fraction of sp³-hybridized carbons (Fsp3) is 0.350. The maximum Gasteiger partial charge on any atom is 0.226 e. The largest absolute Gasteiger partial charge is 0.378 e. The number of nitrogens with zero attached hydrogens (tertiary/aromatic N) is 1. The zero-order chi connectivity index (χ0) is 15.6. The average Bonchev–Trinajstić information content (AvgIpc) is 2.53. The maximum absolute atomic E-state index is 12.1. The molecule has 1 atom stereocenters. The predicted octanol–water partition coefficient (Wildman–Crippen LogP) is 3.56. The molecule has 1 amide bonds. The number of carbonyl (C=O) groups excluding carboxylic acids is 1. The first-order valence-corrected chi connectivity index (χ1v) is 8.51. The minimum absolute atomic E-state index is 0.266. The van der Waals surface area contributed by atoms with E-state index in [1.807, 2.05) is 4.90 Å². The first kappa shape index (κ1) is 14.3. The Hall–Kier alpha value is -2.29. The Balaban J connectivity index is 1.47. The minimum atomic E-state index is 0.266. The van der Waals surface area contributed by atoms with Gasteiger partial charge in [0.1, 0.15) is 0 Å². The molecule has 2 heterocycles. The lowest BCUT2D eigenvalue weighted by molar-refractivity contribution is -0.133. The van der Waals surface area contributed by atoms with Crippen molar-refractivity contribution in [2.24, 2.45) is 0 Å². The zero-order valence-electron chi connectivity index (χ0n) is 13.3. The molecule has 3 heteroatoms. The third kappa shape index (κ3) is 2.96. The number of amides is 1. The summed E-state index contributed by atoms with van der Waals surface area (Å²) in [7, 11) is 0. The quantitative estimate of drug-likeness (QED) is 0.940. The lowest BCUT2D eigenvalue weighted by Crippen LogP contribution is -2.42. The lowest BCUT2D eigenvalue weighted by Gasteiger charge is -2.31. The van der Waals surface area contributed by atoms with Crippen LogP contribution >= 0.6 is 0 Å². The van der Waals surface area contributed by atoms with Gasteiger partial charge < -0.3 is 10.2 Å². The summed E-state index contributed by atoms with van der Waals surface area (Å²) in [5.41, 5.74) is 5.03. The van der Waals surface area contributed by atoms with E-state index in [2.05, 4.69) is 53.8 Å². The Morgan fingerprint density at radius 3 is 2.70 bits per heavy atom. The molecule has 0 spiro atoms. The fourth-order valence-electron chi connectivity index (χ4n) is 3.45. The molecule has 0 radical (unpaired) electrons. The Kier molecular flexibility index (Phi) is 3.78. The van der Waals surface area contributed by atoms with Crippen molar-refractivity contribution in [3.8, 4) is 0 Å². The summed E-state index contributed by atoms with van der Waals surface area (Å²) in [5.74, 6) is 0.266. The molecule has 2 aliphatic heterocycles. The van der Waals surface area contributed by atoms with Gasteiger partial charge in [-0.05, 0) is 42.0 Å². The number of hydrogen-bond acceptors (Lipinski definition) is 2. The highest BCUT2D eigenvalue weighted by atomic mass is 16.2. The first-order valence-electron chi connectivity index (χ1n) is 8.51. The summed E-state index contributed by atoms with van der Waals surface area (Å²) in [5, 5.41) is 3.64. The highest BCUT2D eigenvalue weighted by molar-refractivity contribution is 5.79. The molecule has 3 nitrogen and oxygen atoms in total. The van der Waals surface area contributed by atoms with Gasteiger partial charge in [-0.15, -0.1) is 0 Å². The van der Waals surface area contributed by atoms with Gasteiger partial charge in [0.2, 0.25) is 5.91 Å². The Morgan fingerprint density at radius 2 is 1.96 bits per heavy atom. The molecule has 1 fully saturated rings. The second-order valence-electron chi connectivity index (χ2n) is 6.55. The van der Waals surface area contributed by atoms with Crippen LogP contribution in [0.3, 0.4) is 0 Å². The van der Waals surface area contributed by atoms with E-state index < -0.39 is 0 Å². The van der Waals surface area contributed by atoms with Crippen molar-refractivity contribution < 1.29 is 4.79 Å². The molecule has 2 aliphatic rings. The number of nitrogens with one attached hydrogen (secondary N) is 1. The van der Waals surface area contributed by atoms with E-state index in [9.17, 15) is 4.79 Å². The van der Waals surface area contributed by atoms with Gasteiger partial charge in [0, 0.05) is 18.8 Å². The standard InChI is InChI=1S/C20H22N2O/c23-20(22-11-4-12-22)14-15-7-9-19-17(13-15)8-10-18(21-19)16-5-2-1-3-6-16/h1-3,5-7,9,13,18,21H,4,8,10-12,14H2. The Morgan fingerprint density at radius 1 is 1.13 bits per heavy atom.